The van der Waals surface area contributed by atoms with Gasteiger partial charge in [-0.2, -0.15) is 0 Å². The molecule has 16 heavy (non-hydrogen) atoms. The first-order valence-electron chi connectivity index (χ1n) is 6.25. The summed E-state index contributed by atoms with van der Waals surface area (Å²) in [5, 5.41) is 0. The molecular formula is C16H28. The Morgan fingerprint density at radius 1 is 0.938 bits per heavy atom. The van der Waals surface area contributed by atoms with Crippen LogP contribution >= 0.6 is 0 Å². The fraction of sp³-hybridized carbons (Fsp3) is 0.500. The van der Waals surface area contributed by atoms with E-state index in [-0.39, 0.29) is 0 Å². The van der Waals surface area contributed by atoms with Crippen LogP contribution in [0.2, 0.25) is 0 Å². The first-order chi connectivity index (χ1) is 7.53. The summed E-state index contributed by atoms with van der Waals surface area (Å²) in [6, 6.07) is 8.39. The standard InChI is InChI=1S/C10H12.2C3H8/c1-8(2)10-6-4-9(3)5-7-10;2*1-3-2/h4-7H,1H2,2-3H3;2*3H2,1-2H3. The summed E-state index contributed by atoms with van der Waals surface area (Å²) in [4.78, 5) is 0. The van der Waals surface area contributed by atoms with Crippen LogP contribution in [0.15, 0.2) is 30.8 Å². The molecule has 0 unspecified atom stereocenters. The van der Waals surface area contributed by atoms with Gasteiger partial charge in [-0.15, -0.1) is 0 Å². The molecule has 0 amide bonds. The minimum absolute atomic E-state index is 1.13. The largest absolute Gasteiger partial charge is 0.0955 e. The van der Waals surface area contributed by atoms with Gasteiger partial charge in [0, 0.05) is 0 Å². The van der Waals surface area contributed by atoms with Crippen molar-refractivity contribution >= 4 is 5.57 Å². The minimum atomic E-state index is 1.13. The van der Waals surface area contributed by atoms with Gasteiger partial charge in [-0.3, -0.25) is 0 Å². The molecular weight excluding hydrogens is 192 g/mol. The molecule has 92 valence electrons. The van der Waals surface area contributed by atoms with E-state index in [0.717, 1.165) is 5.57 Å². The fourth-order valence-corrected chi connectivity index (χ4v) is 0.838. The predicted octanol–water partition coefficient (Wildman–Crippen LogP) is 5.86. The van der Waals surface area contributed by atoms with Crippen LogP contribution in [-0.2, 0) is 0 Å². The summed E-state index contributed by atoms with van der Waals surface area (Å²) in [6.45, 7) is 16.5. The molecule has 0 heterocycles. The van der Waals surface area contributed by atoms with E-state index in [9.17, 15) is 0 Å². The molecule has 0 fully saturated rings. The van der Waals surface area contributed by atoms with Crippen LogP contribution in [0, 0.1) is 6.92 Å². The second-order valence-electron chi connectivity index (χ2n) is 4.06. The van der Waals surface area contributed by atoms with Crippen molar-refractivity contribution in [3.8, 4) is 0 Å². The third-order valence-corrected chi connectivity index (χ3v) is 1.54. The molecule has 0 bridgehead atoms. The van der Waals surface area contributed by atoms with Crippen molar-refractivity contribution in [2.75, 3.05) is 0 Å². The van der Waals surface area contributed by atoms with Gasteiger partial charge in [0.1, 0.15) is 0 Å². The number of hydrogen-bond acceptors (Lipinski definition) is 0. The maximum Gasteiger partial charge on any atom is -0.0233 e. The van der Waals surface area contributed by atoms with E-state index < -0.39 is 0 Å². The zero-order valence-electron chi connectivity index (χ0n) is 11.9. The molecule has 0 aliphatic heterocycles. The van der Waals surface area contributed by atoms with Crippen molar-refractivity contribution in [1.82, 2.24) is 0 Å². The van der Waals surface area contributed by atoms with Gasteiger partial charge in [-0.1, -0.05) is 82.5 Å². The normalized spacial score (nSPS) is 8.12. The summed E-state index contributed by atoms with van der Waals surface area (Å²) in [5.74, 6) is 0. The third-order valence-electron chi connectivity index (χ3n) is 1.54. The van der Waals surface area contributed by atoms with Gasteiger partial charge in [-0.25, -0.2) is 0 Å². The van der Waals surface area contributed by atoms with E-state index in [1.807, 2.05) is 6.92 Å². The molecule has 1 aromatic rings. The molecule has 0 nitrogen and oxygen atoms in total. The highest BCUT2D eigenvalue weighted by atomic mass is 13.9. The van der Waals surface area contributed by atoms with Gasteiger partial charge in [0.05, 0.1) is 0 Å². The molecule has 0 aliphatic carbocycles. The van der Waals surface area contributed by atoms with Gasteiger partial charge < -0.3 is 0 Å². The van der Waals surface area contributed by atoms with Crippen molar-refractivity contribution in [3.63, 3.8) is 0 Å². The van der Waals surface area contributed by atoms with Gasteiger partial charge in [0.2, 0.25) is 0 Å². The van der Waals surface area contributed by atoms with Crippen LogP contribution in [-0.4, -0.2) is 0 Å². The average Bonchev–Trinajstić information content (AvgIpc) is 2.20. The third kappa shape index (κ3) is 11.0. The van der Waals surface area contributed by atoms with E-state index in [1.54, 1.807) is 0 Å². The molecule has 0 N–H and O–H groups in total. The van der Waals surface area contributed by atoms with Crippen molar-refractivity contribution in [3.05, 3.63) is 42.0 Å². The lowest BCUT2D eigenvalue weighted by Gasteiger charge is -1.98. The number of benzene rings is 1. The van der Waals surface area contributed by atoms with Gasteiger partial charge in [-0.05, 0) is 19.4 Å². The Kier molecular flexibility index (Phi) is 13.1. The van der Waals surface area contributed by atoms with Crippen LogP contribution in [0.4, 0.5) is 0 Å². The highest BCUT2D eigenvalue weighted by Crippen LogP contribution is 2.11. The van der Waals surface area contributed by atoms with Crippen LogP contribution in [0.5, 0.6) is 0 Å². The van der Waals surface area contributed by atoms with E-state index >= 15 is 0 Å². The molecule has 0 radical (unpaired) electrons. The topological polar surface area (TPSA) is 0 Å². The molecule has 0 saturated carbocycles. The Balaban J connectivity index is 0. The smallest absolute Gasteiger partial charge is 0.0233 e. The van der Waals surface area contributed by atoms with E-state index in [4.69, 9.17) is 0 Å². The highest BCUT2D eigenvalue weighted by Gasteiger charge is 1.89. The number of hydrogen-bond donors (Lipinski definition) is 0. The van der Waals surface area contributed by atoms with Gasteiger partial charge >= 0.3 is 0 Å². The Labute approximate surface area is 102 Å². The van der Waals surface area contributed by atoms with E-state index in [1.165, 1.54) is 24.0 Å². The fourth-order valence-electron chi connectivity index (χ4n) is 0.838. The summed E-state index contributed by atoms with van der Waals surface area (Å²) in [6.07, 6.45) is 2.50. The number of allylic oxidation sites excluding steroid dienone is 1. The van der Waals surface area contributed by atoms with E-state index in [2.05, 4.69) is 65.5 Å². The monoisotopic (exact) mass is 220 g/mol. The second-order valence-corrected chi connectivity index (χ2v) is 4.06. The van der Waals surface area contributed by atoms with Crippen molar-refractivity contribution in [1.29, 1.82) is 0 Å². The SMILES string of the molecule is C=C(C)c1ccc(C)cc1.CCC.CCC. The quantitative estimate of drug-likeness (QED) is 0.556. The first-order valence-corrected chi connectivity index (χ1v) is 6.25. The molecule has 0 saturated heterocycles. The highest BCUT2D eigenvalue weighted by molar-refractivity contribution is 5.61. The lowest BCUT2D eigenvalue weighted by Crippen LogP contribution is -1.76. The summed E-state index contributed by atoms with van der Waals surface area (Å²) < 4.78 is 0. The molecule has 1 aromatic carbocycles. The lowest BCUT2D eigenvalue weighted by molar-refractivity contribution is 1.09. The van der Waals surface area contributed by atoms with E-state index in [0.29, 0.717) is 0 Å². The Morgan fingerprint density at radius 2 is 1.25 bits per heavy atom. The summed E-state index contributed by atoms with van der Waals surface area (Å²) >= 11 is 0. The summed E-state index contributed by atoms with van der Waals surface area (Å²) in [7, 11) is 0. The molecule has 0 aliphatic rings. The second kappa shape index (κ2) is 12.0. The summed E-state index contributed by atoms with van der Waals surface area (Å²) in [5.41, 5.74) is 3.65. The Morgan fingerprint density at radius 3 is 1.50 bits per heavy atom. The van der Waals surface area contributed by atoms with Crippen LogP contribution in [0.1, 0.15) is 58.6 Å². The van der Waals surface area contributed by atoms with Gasteiger partial charge in [0.25, 0.3) is 0 Å². The minimum Gasteiger partial charge on any atom is -0.0955 e. The van der Waals surface area contributed by atoms with Crippen LogP contribution in [0.25, 0.3) is 5.57 Å². The zero-order valence-corrected chi connectivity index (χ0v) is 11.9. The molecule has 0 atom stereocenters. The van der Waals surface area contributed by atoms with Crippen molar-refractivity contribution < 1.29 is 0 Å². The van der Waals surface area contributed by atoms with Crippen molar-refractivity contribution in [2.45, 2.75) is 54.4 Å². The van der Waals surface area contributed by atoms with Crippen molar-refractivity contribution in [2.24, 2.45) is 0 Å². The molecule has 0 heteroatoms. The maximum absolute atomic E-state index is 3.86. The number of rotatable bonds is 1. The molecule has 0 spiro atoms. The predicted molar refractivity (Wildman–Crippen MR) is 77.8 cm³/mol. The van der Waals surface area contributed by atoms with Crippen LogP contribution in [0.3, 0.4) is 0 Å². The average molecular weight is 220 g/mol. The van der Waals surface area contributed by atoms with Crippen LogP contribution < -0.4 is 0 Å². The first kappa shape index (κ1) is 17.4. The lowest BCUT2D eigenvalue weighted by atomic mass is 10.1. The number of aryl methyl sites for hydroxylation is 1. The molecule has 1 rings (SSSR count). The zero-order chi connectivity index (χ0) is 13.0. The Bertz CT molecular complexity index is 252. The van der Waals surface area contributed by atoms with Gasteiger partial charge in [0.15, 0.2) is 0 Å². The Hall–Kier alpha value is -1.04. The maximum atomic E-state index is 3.86. The molecule has 0 aromatic heterocycles.